The first-order chi connectivity index (χ1) is 21.7. The summed E-state index contributed by atoms with van der Waals surface area (Å²) in [5.74, 6) is -4.58. The molecule has 230 valence electrons. The smallest absolute Gasteiger partial charge is 0.260 e. The van der Waals surface area contributed by atoms with Crippen LogP contribution >= 0.6 is 0 Å². The Kier molecular flexibility index (Phi) is 6.80. The van der Waals surface area contributed by atoms with Gasteiger partial charge in [0, 0.05) is 18.5 Å². The molecule has 4 amide bonds. The minimum Gasteiger partial charge on any atom is -0.504 e. The lowest BCUT2D eigenvalue weighted by Crippen LogP contribution is -2.53. The summed E-state index contributed by atoms with van der Waals surface area (Å²) in [6.45, 7) is 4.09. The van der Waals surface area contributed by atoms with Gasteiger partial charge in [0.2, 0.25) is 11.8 Å². The van der Waals surface area contributed by atoms with Crippen molar-refractivity contribution in [1.29, 1.82) is 0 Å². The number of allylic oxidation sites excluding steroid dienone is 2. The molecule has 2 heterocycles. The summed E-state index contributed by atoms with van der Waals surface area (Å²) < 4.78 is 5.78. The van der Waals surface area contributed by atoms with Crippen LogP contribution in [-0.2, 0) is 24.6 Å². The summed E-state index contributed by atoms with van der Waals surface area (Å²) in [6, 6.07) is 21.9. The number of phenols is 1. The van der Waals surface area contributed by atoms with Gasteiger partial charge < -0.3 is 9.84 Å². The minimum atomic E-state index is -1.45. The van der Waals surface area contributed by atoms with E-state index in [0.29, 0.717) is 29.8 Å². The number of hydrogen-bond donors (Lipinski definition) is 2. The second-order valence-corrected chi connectivity index (χ2v) is 12.5. The zero-order valence-electron chi connectivity index (χ0n) is 25.4. The predicted molar refractivity (Wildman–Crippen MR) is 166 cm³/mol. The van der Waals surface area contributed by atoms with Crippen molar-refractivity contribution in [1.82, 2.24) is 9.91 Å². The first kappa shape index (κ1) is 28.8. The van der Waals surface area contributed by atoms with E-state index in [1.165, 1.54) is 11.9 Å². The number of para-hydroxylation sites is 1. The average Bonchev–Trinajstić information content (AvgIpc) is 3.40. The number of benzene rings is 3. The molecule has 45 heavy (non-hydrogen) atoms. The van der Waals surface area contributed by atoms with E-state index in [-0.39, 0.29) is 29.7 Å². The summed E-state index contributed by atoms with van der Waals surface area (Å²) in [5, 5.41) is 12.9. The highest BCUT2D eigenvalue weighted by atomic mass is 16.5. The Morgan fingerprint density at radius 3 is 2.36 bits per heavy atom. The van der Waals surface area contributed by atoms with E-state index in [1.54, 1.807) is 18.2 Å². The molecule has 2 N–H and O–H groups in total. The second-order valence-electron chi connectivity index (χ2n) is 12.5. The van der Waals surface area contributed by atoms with Crippen LogP contribution in [0.25, 0.3) is 0 Å². The highest BCUT2D eigenvalue weighted by Crippen LogP contribution is 2.65. The number of rotatable bonds is 6. The van der Waals surface area contributed by atoms with Gasteiger partial charge in [-0.2, -0.15) is 5.01 Å². The van der Waals surface area contributed by atoms with Crippen molar-refractivity contribution in [3.05, 3.63) is 101 Å². The zero-order valence-corrected chi connectivity index (χ0v) is 25.4. The topological polar surface area (TPSA) is 116 Å². The van der Waals surface area contributed by atoms with Crippen LogP contribution in [0.2, 0.25) is 0 Å². The number of carbonyl (C=O) groups is 4. The standard InChI is InChI=1S/C36H35N3O6/c1-4-45-28-12-8-11-25(31(28)40)30-23-17-18-24-29(34(43)38(3)32(24)41)26(23)19-27-33(42)39(37-22-15-13-20(2)14-16-22)35(44)36(27,30)21-9-6-5-7-10-21/h5-17,24,26-27,29-30,37,40H,4,18-19H2,1-3H3. The van der Waals surface area contributed by atoms with Crippen molar-refractivity contribution in [2.24, 2.45) is 23.7 Å². The first-order valence-electron chi connectivity index (χ1n) is 15.4. The number of imide groups is 2. The van der Waals surface area contributed by atoms with Crippen molar-refractivity contribution < 1.29 is 29.0 Å². The van der Waals surface area contributed by atoms with E-state index in [0.717, 1.165) is 16.1 Å². The SMILES string of the molecule is CCOc1cccc(C2C3=CCC4C(=O)N(C)C(=O)C4C3CC3C(=O)N(Nc4ccc(C)cc4)C(=O)C32c2ccccc2)c1O. The van der Waals surface area contributed by atoms with E-state index in [4.69, 9.17) is 4.74 Å². The maximum absolute atomic E-state index is 15.1. The van der Waals surface area contributed by atoms with E-state index in [9.17, 15) is 19.5 Å². The Morgan fingerprint density at radius 2 is 1.64 bits per heavy atom. The van der Waals surface area contributed by atoms with E-state index in [1.807, 2.05) is 74.5 Å². The largest absolute Gasteiger partial charge is 0.504 e. The van der Waals surface area contributed by atoms with Crippen LogP contribution in [0.5, 0.6) is 11.5 Å². The number of aromatic hydroxyl groups is 1. The number of phenolic OH excluding ortho intramolecular Hbond substituents is 1. The van der Waals surface area contributed by atoms with Gasteiger partial charge in [-0.1, -0.05) is 71.8 Å². The Bertz CT molecular complexity index is 1750. The number of hydrazine groups is 1. The molecule has 0 aromatic heterocycles. The highest BCUT2D eigenvalue weighted by molar-refractivity contribution is 6.13. The quantitative estimate of drug-likeness (QED) is 0.309. The average molecular weight is 606 g/mol. The molecule has 0 radical (unpaired) electrons. The first-order valence-corrected chi connectivity index (χ1v) is 15.4. The molecule has 3 fully saturated rings. The summed E-state index contributed by atoms with van der Waals surface area (Å²) in [7, 11) is 1.51. The maximum Gasteiger partial charge on any atom is 0.260 e. The summed E-state index contributed by atoms with van der Waals surface area (Å²) in [5.41, 5.74) is 5.11. The number of likely N-dealkylation sites (tertiary alicyclic amines) is 1. The number of ether oxygens (including phenoxy) is 1. The number of amides is 4. The second kappa shape index (κ2) is 10.6. The number of nitrogens with zero attached hydrogens (tertiary/aromatic N) is 2. The molecule has 1 saturated carbocycles. The lowest BCUT2D eigenvalue weighted by atomic mass is 9.49. The molecule has 9 heteroatoms. The maximum atomic E-state index is 15.1. The predicted octanol–water partition coefficient (Wildman–Crippen LogP) is 4.71. The third kappa shape index (κ3) is 4.06. The molecule has 3 aromatic carbocycles. The molecule has 2 aliphatic heterocycles. The number of hydrogen-bond acceptors (Lipinski definition) is 7. The molecule has 2 saturated heterocycles. The molecule has 6 atom stereocenters. The molecule has 7 rings (SSSR count). The molecule has 0 spiro atoms. The number of aryl methyl sites for hydroxylation is 1. The van der Waals surface area contributed by atoms with Gasteiger partial charge in [-0.3, -0.25) is 29.5 Å². The van der Waals surface area contributed by atoms with Crippen LogP contribution in [0.4, 0.5) is 5.69 Å². The fraction of sp³-hybridized carbons (Fsp3) is 0.333. The molecule has 2 aliphatic carbocycles. The summed E-state index contributed by atoms with van der Waals surface area (Å²) in [6.07, 6.45) is 2.51. The number of nitrogens with one attached hydrogen (secondary N) is 1. The van der Waals surface area contributed by atoms with Gasteiger partial charge in [0.05, 0.1) is 35.5 Å². The van der Waals surface area contributed by atoms with Crippen LogP contribution in [0, 0.1) is 30.6 Å². The highest BCUT2D eigenvalue weighted by Gasteiger charge is 2.70. The van der Waals surface area contributed by atoms with Crippen LogP contribution in [-0.4, -0.2) is 52.3 Å². The minimum absolute atomic E-state index is 0.113. The van der Waals surface area contributed by atoms with Crippen molar-refractivity contribution >= 4 is 29.3 Å². The Hall–Kier alpha value is -4.92. The fourth-order valence-electron chi connectivity index (χ4n) is 8.29. The van der Waals surface area contributed by atoms with Gasteiger partial charge in [0.25, 0.3) is 11.8 Å². The molecule has 6 unspecified atom stereocenters. The molecule has 4 aliphatic rings. The lowest BCUT2D eigenvalue weighted by molar-refractivity contribution is -0.140. The lowest BCUT2D eigenvalue weighted by Gasteiger charge is -2.50. The normalized spacial score (nSPS) is 28.9. The van der Waals surface area contributed by atoms with Crippen molar-refractivity contribution in [2.75, 3.05) is 19.1 Å². The van der Waals surface area contributed by atoms with Crippen LogP contribution in [0.1, 0.15) is 42.4 Å². The van der Waals surface area contributed by atoms with Gasteiger partial charge in [-0.05, 0) is 56.4 Å². The van der Waals surface area contributed by atoms with Gasteiger partial charge in [-0.15, -0.1) is 0 Å². The Balaban J connectivity index is 1.48. The zero-order chi connectivity index (χ0) is 31.6. The van der Waals surface area contributed by atoms with Gasteiger partial charge >= 0.3 is 0 Å². The van der Waals surface area contributed by atoms with E-state index >= 15 is 4.79 Å². The van der Waals surface area contributed by atoms with Crippen LogP contribution in [0.15, 0.2) is 84.4 Å². The molecule has 0 bridgehead atoms. The Labute approximate surface area is 261 Å². The van der Waals surface area contributed by atoms with Gasteiger partial charge in [-0.25, -0.2) is 0 Å². The third-order valence-electron chi connectivity index (χ3n) is 10.3. The van der Waals surface area contributed by atoms with Crippen LogP contribution in [0.3, 0.4) is 0 Å². The molecular weight excluding hydrogens is 570 g/mol. The number of fused-ring (bicyclic) bond motifs is 4. The van der Waals surface area contributed by atoms with Crippen molar-refractivity contribution in [3.8, 4) is 11.5 Å². The summed E-state index contributed by atoms with van der Waals surface area (Å²) >= 11 is 0. The van der Waals surface area contributed by atoms with Crippen molar-refractivity contribution in [3.63, 3.8) is 0 Å². The monoisotopic (exact) mass is 605 g/mol. The van der Waals surface area contributed by atoms with E-state index in [2.05, 4.69) is 5.43 Å². The number of carbonyl (C=O) groups excluding carboxylic acids is 4. The third-order valence-corrected chi connectivity index (χ3v) is 10.3. The van der Waals surface area contributed by atoms with Crippen molar-refractivity contribution in [2.45, 2.75) is 38.0 Å². The molecular formula is C36H35N3O6. The van der Waals surface area contributed by atoms with Gasteiger partial charge in [0.1, 0.15) is 0 Å². The molecule has 3 aromatic rings. The number of anilines is 1. The summed E-state index contributed by atoms with van der Waals surface area (Å²) in [4.78, 5) is 57.6. The molecule has 9 nitrogen and oxygen atoms in total. The van der Waals surface area contributed by atoms with E-state index < -0.39 is 46.8 Å². The Morgan fingerprint density at radius 1 is 0.911 bits per heavy atom. The fourth-order valence-corrected chi connectivity index (χ4v) is 8.29. The van der Waals surface area contributed by atoms with Crippen LogP contribution < -0.4 is 10.2 Å². The van der Waals surface area contributed by atoms with Gasteiger partial charge in [0.15, 0.2) is 11.5 Å².